The van der Waals surface area contributed by atoms with Crippen LogP contribution in [0.3, 0.4) is 0 Å². The number of aryl methyl sites for hydroxylation is 1. The molecule has 0 unspecified atom stereocenters. The number of amides is 2. The number of fused-ring (bicyclic) bond motifs is 1. The molecule has 0 aromatic heterocycles. The Morgan fingerprint density at radius 1 is 1.21 bits per heavy atom. The Morgan fingerprint density at radius 3 is 2.75 bits per heavy atom. The fourth-order valence-electron chi connectivity index (χ4n) is 3.10. The second kappa shape index (κ2) is 9.05. The number of benzene rings is 2. The summed E-state index contributed by atoms with van der Waals surface area (Å²) in [5.41, 5.74) is 3.53. The largest absolute Gasteiger partial charge is 0.494 e. The number of nitrogens with zero attached hydrogens (tertiary/aromatic N) is 2. The predicted molar refractivity (Wildman–Crippen MR) is 106 cm³/mol. The van der Waals surface area contributed by atoms with Crippen LogP contribution < -0.4 is 10.1 Å². The van der Waals surface area contributed by atoms with Gasteiger partial charge in [-0.15, -0.1) is 0 Å². The van der Waals surface area contributed by atoms with Crippen LogP contribution in [-0.2, 0) is 22.6 Å². The smallest absolute Gasteiger partial charge is 0.224 e. The second-order valence-corrected chi connectivity index (χ2v) is 6.88. The summed E-state index contributed by atoms with van der Waals surface area (Å²) >= 11 is 0. The van der Waals surface area contributed by atoms with E-state index in [0.29, 0.717) is 38.0 Å². The number of carbonyl (C=O) groups excluding carboxylic acids is 2. The third kappa shape index (κ3) is 5.10. The first-order valence-corrected chi connectivity index (χ1v) is 9.34. The van der Waals surface area contributed by atoms with Gasteiger partial charge in [-0.05, 0) is 54.3 Å². The fourth-order valence-corrected chi connectivity index (χ4v) is 3.10. The summed E-state index contributed by atoms with van der Waals surface area (Å²) in [6, 6.07) is 15.0. The molecule has 0 saturated heterocycles. The molecule has 2 aromatic carbocycles. The van der Waals surface area contributed by atoms with Crippen LogP contribution in [0.1, 0.15) is 36.0 Å². The molecule has 2 amide bonds. The molecule has 144 valence electrons. The first kappa shape index (κ1) is 19.4. The Bertz CT molecular complexity index is 900. The van der Waals surface area contributed by atoms with E-state index < -0.39 is 0 Å². The zero-order chi connectivity index (χ0) is 19.9. The van der Waals surface area contributed by atoms with Gasteiger partial charge >= 0.3 is 0 Å². The van der Waals surface area contributed by atoms with Crippen LogP contribution in [-0.4, -0.2) is 30.4 Å². The lowest BCUT2D eigenvalue weighted by atomic mass is 10.0. The van der Waals surface area contributed by atoms with Crippen molar-refractivity contribution in [2.75, 3.05) is 19.0 Å². The highest BCUT2D eigenvalue weighted by Crippen LogP contribution is 2.26. The van der Waals surface area contributed by atoms with Crippen LogP contribution in [0.2, 0.25) is 0 Å². The predicted octanol–water partition coefficient (Wildman–Crippen LogP) is 3.26. The molecule has 1 aliphatic heterocycles. The molecule has 6 heteroatoms. The molecule has 0 spiro atoms. The summed E-state index contributed by atoms with van der Waals surface area (Å²) < 4.78 is 5.76. The molecular weight excluding hydrogens is 354 g/mol. The molecule has 1 N–H and O–H groups in total. The maximum Gasteiger partial charge on any atom is 0.224 e. The Morgan fingerprint density at radius 2 is 2.00 bits per heavy atom. The second-order valence-electron chi connectivity index (χ2n) is 6.88. The van der Waals surface area contributed by atoms with Crippen LogP contribution in [0.5, 0.6) is 5.75 Å². The summed E-state index contributed by atoms with van der Waals surface area (Å²) in [6.07, 6.45) is 2.26. The van der Waals surface area contributed by atoms with Crippen LogP contribution in [0, 0.1) is 11.3 Å². The molecule has 28 heavy (non-hydrogen) atoms. The van der Waals surface area contributed by atoms with E-state index in [2.05, 4.69) is 11.4 Å². The maximum absolute atomic E-state index is 12.3. The minimum absolute atomic E-state index is 0.0461. The van der Waals surface area contributed by atoms with E-state index in [1.165, 1.54) is 0 Å². The number of rotatable bonds is 7. The highest BCUT2D eigenvalue weighted by Gasteiger charge is 2.15. The molecule has 0 saturated carbocycles. The van der Waals surface area contributed by atoms with Gasteiger partial charge in [0.1, 0.15) is 5.75 Å². The summed E-state index contributed by atoms with van der Waals surface area (Å²) in [5, 5.41) is 11.7. The third-order valence-corrected chi connectivity index (χ3v) is 4.70. The van der Waals surface area contributed by atoms with E-state index in [0.717, 1.165) is 29.0 Å². The van der Waals surface area contributed by atoms with Crippen molar-refractivity contribution in [1.82, 2.24) is 4.90 Å². The number of nitrogens with one attached hydrogen (secondary N) is 1. The van der Waals surface area contributed by atoms with E-state index in [-0.39, 0.29) is 11.8 Å². The minimum atomic E-state index is 0.0461. The number of anilines is 1. The number of hydrogen-bond donors (Lipinski definition) is 1. The molecule has 3 rings (SSSR count). The van der Waals surface area contributed by atoms with Gasteiger partial charge in [0, 0.05) is 32.1 Å². The highest BCUT2D eigenvalue weighted by atomic mass is 16.5. The van der Waals surface area contributed by atoms with E-state index in [1.807, 2.05) is 30.3 Å². The lowest BCUT2D eigenvalue weighted by Gasteiger charge is -2.18. The van der Waals surface area contributed by atoms with E-state index in [4.69, 9.17) is 10.00 Å². The zero-order valence-corrected chi connectivity index (χ0v) is 15.9. The molecule has 0 radical (unpaired) electrons. The lowest BCUT2D eigenvalue weighted by Crippen LogP contribution is -2.26. The molecule has 6 nitrogen and oxygen atoms in total. The highest BCUT2D eigenvalue weighted by molar-refractivity contribution is 5.94. The number of nitriles is 1. The van der Waals surface area contributed by atoms with Crippen molar-refractivity contribution in [3.8, 4) is 11.8 Å². The summed E-state index contributed by atoms with van der Waals surface area (Å²) in [7, 11) is 1.78. The standard InChI is InChI=1S/C22H23N3O3/c1-25(15-17-6-4-16(14-23)5-7-17)22(27)3-2-12-28-19-9-10-20-18(13-19)8-11-21(26)24-20/h4-7,9-10,13H,2-3,8,11-12,15H2,1H3,(H,24,26). The van der Waals surface area contributed by atoms with E-state index >= 15 is 0 Å². The van der Waals surface area contributed by atoms with Crippen LogP contribution in [0.25, 0.3) is 0 Å². The van der Waals surface area contributed by atoms with Crippen molar-refractivity contribution in [2.24, 2.45) is 0 Å². The quantitative estimate of drug-likeness (QED) is 0.751. The van der Waals surface area contributed by atoms with Gasteiger partial charge in [-0.1, -0.05) is 12.1 Å². The normalized spacial score (nSPS) is 12.5. The number of carbonyl (C=O) groups is 2. The van der Waals surface area contributed by atoms with Gasteiger partial charge in [-0.2, -0.15) is 5.26 Å². The molecule has 0 bridgehead atoms. The summed E-state index contributed by atoms with van der Waals surface area (Å²) in [6.45, 7) is 0.976. The van der Waals surface area contributed by atoms with Crippen molar-refractivity contribution < 1.29 is 14.3 Å². The van der Waals surface area contributed by atoms with Crippen LogP contribution in [0.15, 0.2) is 42.5 Å². The van der Waals surface area contributed by atoms with Gasteiger partial charge in [-0.3, -0.25) is 9.59 Å². The first-order valence-electron chi connectivity index (χ1n) is 9.34. The van der Waals surface area contributed by atoms with Crippen molar-refractivity contribution in [3.05, 3.63) is 59.2 Å². The molecule has 1 aliphatic rings. The topological polar surface area (TPSA) is 82.4 Å². The summed E-state index contributed by atoms with van der Waals surface area (Å²) in [4.78, 5) is 25.4. The maximum atomic E-state index is 12.3. The first-order chi connectivity index (χ1) is 13.5. The van der Waals surface area contributed by atoms with Gasteiger partial charge in [-0.25, -0.2) is 0 Å². The Kier molecular flexibility index (Phi) is 6.28. The number of hydrogen-bond acceptors (Lipinski definition) is 4. The monoisotopic (exact) mass is 377 g/mol. The van der Waals surface area contributed by atoms with Gasteiger partial charge < -0.3 is 15.0 Å². The number of ether oxygens (including phenoxy) is 1. The van der Waals surface area contributed by atoms with Gasteiger partial charge in [0.15, 0.2) is 0 Å². The molecule has 0 atom stereocenters. The third-order valence-electron chi connectivity index (χ3n) is 4.70. The Balaban J connectivity index is 1.41. The summed E-state index contributed by atoms with van der Waals surface area (Å²) in [5.74, 6) is 0.860. The van der Waals surface area contributed by atoms with E-state index in [9.17, 15) is 9.59 Å². The van der Waals surface area contributed by atoms with Crippen molar-refractivity contribution in [1.29, 1.82) is 5.26 Å². The minimum Gasteiger partial charge on any atom is -0.494 e. The molecular formula is C22H23N3O3. The van der Waals surface area contributed by atoms with Gasteiger partial charge in [0.05, 0.1) is 18.2 Å². The Hall–Kier alpha value is -3.33. The fraction of sp³-hybridized carbons (Fsp3) is 0.318. The van der Waals surface area contributed by atoms with Crippen LogP contribution >= 0.6 is 0 Å². The van der Waals surface area contributed by atoms with E-state index in [1.54, 1.807) is 24.1 Å². The van der Waals surface area contributed by atoms with Crippen molar-refractivity contribution >= 4 is 17.5 Å². The Labute approximate surface area is 164 Å². The molecule has 0 aliphatic carbocycles. The lowest BCUT2D eigenvalue weighted by molar-refractivity contribution is -0.130. The van der Waals surface area contributed by atoms with Gasteiger partial charge in [0.25, 0.3) is 0 Å². The molecule has 2 aromatic rings. The van der Waals surface area contributed by atoms with Crippen LogP contribution in [0.4, 0.5) is 5.69 Å². The van der Waals surface area contributed by atoms with Crippen molar-refractivity contribution in [2.45, 2.75) is 32.2 Å². The van der Waals surface area contributed by atoms with Crippen molar-refractivity contribution in [3.63, 3.8) is 0 Å². The van der Waals surface area contributed by atoms with Gasteiger partial charge in [0.2, 0.25) is 11.8 Å². The molecule has 1 heterocycles. The SMILES string of the molecule is CN(Cc1ccc(C#N)cc1)C(=O)CCCOc1ccc2c(c1)CCC(=O)N2. The average molecular weight is 377 g/mol. The zero-order valence-electron chi connectivity index (χ0n) is 15.9. The average Bonchev–Trinajstić information content (AvgIpc) is 2.71. The molecule has 0 fully saturated rings.